The first kappa shape index (κ1) is 21.5. The van der Waals surface area contributed by atoms with Gasteiger partial charge in [-0.1, -0.05) is 23.7 Å². The molecule has 0 saturated carbocycles. The lowest BCUT2D eigenvalue weighted by molar-refractivity contribution is 0.0514. The van der Waals surface area contributed by atoms with Crippen LogP contribution in [0.4, 0.5) is 0 Å². The van der Waals surface area contributed by atoms with Crippen LogP contribution in [-0.2, 0) is 14.9 Å². The van der Waals surface area contributed by atoms with Gasteiger partial charge in [0.25, 0.3) is 0 Å². The van der Waals surface area contributed by atoms with E-state index in [-0.39, 0.29) is 29.4 Å². The number of halogens is 2. The summed E-state index contributed by atoms with van der Waals surface area (Å²) < 4.78 is 10.6. The quantitative estimate of drug-likeness (QED) is 0.292. The number of nitrogens with one attached hydrogen (secondary N) is 2. The van der Waals surface area contributed by atoms with Crippen molar-refractivity contribution < 1.29 is 9.47 Å². The molecule has 1 fully saturated rings. The largest absolute Gasteiger partial charge is 0.383 e. The van der Waals surface area contributed by atoms with Gasteiger partial charge in [-0.2, -0.15) is 0 Å². The van der Waals surface area contributed by atoms with E-state index in [2.05, 4.69) is 27.8 Å². The lowest BCUT2D eigenvalue weighted by atomic mass is 9.74. The molecule has 1 aromatic rings. The Labute approximate surface area is 166 Å². The Morgan fingerprint density at radius 2 is 2.08 bits per heavy atom. The molecule has 0 atom stereocenters. The molecule has 0 bridgehead atoms. The lowest BCUT2D eigenvalue weighted by Gasteiger charge is -2.38. The fourth-order valence-electron chi connectivity index (χ4n) is 2.89. The molecule has 1 aliphatic rings. The molecular formula is C17H27ClIN3O2. The summed E-state index contributed by atoms with van der Waals surface area (Å²) in [5.41, 5.74) is 1.27. The molecule has 0 amide bonds. The smallest absolute Gasteiger partial charge is 0.191 e. The van der Waals surface area contributed by atoms with Crippen molar-refractivity contribution in [3.05, 3.63) is 34.9 Å². The number of rotatable bonds is 6. The molecule has 0 aromatic heterocycles. The Kier molecular flexibility index (Phi) is 9.95. The molecule has 2 rings (SSSR count). The molecule has 0 spiro atoms. The number of guanidine groups is 1. The summed E-state index contributed by atoms with van der Waals surface area (Å²) in [5, 5.41) is 7.46. The summed E-state index contributed by atoms with van der Waals surface area (Å²) >= 11 is 6.20. The number of hydrogen-bond donors (Lipinski definition) is 2. The van der Waals surface area contributed by atoms with E-state index in [0.29, 0.717) is 6.61 Å². The number of ether oxygens (including phenoxy) is 2. The third kappa shape index (κ3) is 6.06. The van der Waals surface area contributed by atoms with E-state index in [1.165, 1.54) is 5.56 Å². The Morgan fingerprint density at radius 3 is 2.71 bits per heavy atom. The Bertz CT molecular complexity index is 522. The van der Waals surface area contributed by atoms with Gasteiger partial charge in [-0.3, -0.25) is 4.99 Å². The molecule has 1 aliphatic heterocycles. The molecule has 0 aliphatic carbocycles. The van der Waals surface area contributed by atoms with Crippen molar-refractivity contribution in [2.75, 3.05) is 47.1 Å². The van der Waals surface area contributed by atoms with E-state index in [9.17, 15) is 0 Å². The zero-order valence-corrected chi connectivity index (χ0v) is 17.4. The highest BCUT2D eigenvalue weighted by Crippen LogP contribution is 2.35. The second-order valence-corrected chi connectivity index (χ2v) is 6.18. The van der Waals surface area contributed by atoms with Crippen LogP contribution >= 0.6 is 35.6 Å². The Balaban J connectivity index is 0.00000288. The molecule has 1 heterocycles. The summed E-state index contributed by atoms with van der Waals surface area (Å²) in [7, 11) is 3.46. The van der Waals surface area contributed by atoms with Crippen molar-refractivity contribution in [2.45, 2.75) is 18.3 Å². The fourth-order valence-corrected chi connectivity index (χ4v) is 3.08. The van der Waals surface area contributed by atoms with E-state index in [1.54, 1.807) is 14.2 Å². The highest BCUT2D eigenvalue weighted by Gasteiger charge is 2.34. The zero-order valence-electron chi connectivity index (χ0n) is 14.3. The van der Waals surface area contributed by atoms with Crippen molar-refractivity contribution >= 4 is 41.5 Å². The zero-order chi connectivity index (χ0) is 16.5. The summed E-state index contributed by atoms with van der Waals surface area (Å²) in [4.78, 5) is 4.27. The van der Waals surface area contributed by atoms with E-state index in [4.69, 9.17) is 21.1 Å². The van der Waals surface area contributed by atoms with Gasteiger partial charge in [0.15, 0.2) is 5.96 Å². The van der Waals surface area contributed by atoms with Gasteiger partial charge in [0.05, 0.1) is 6.61 Å². The highest BCUT2D eigenvalue weighted by molar-refractivity contribution is 14.0. The van der Waals surface area contributed by atoms with Gasteiger partial charge < -0.3 is 20.1 Å². The van der Waals surface area contributed by atoms with Crippen LogP contribution in [0, 0.1) is 0 Å². The molecule has 0 radical (unpaired) electrons. The molecule has 2 N–H and O–H groups in total. The maximum atomic E-state index is 6.20. The van der Waals surface area contributed by atoms with Crippen LogP contribution in [0.25, 0.3) is 0 Å². The van der Waals surface area contributed by atoms with Crippen LogP contribution in [0.3, 0.4) is 0 Å². The average Bonchev–Trinajstić information content (AvgIpc) is 2.59. The van der Waals surface area contributed by atoms with Crippen LogP contribution in [0.5, 0.6) is 0 Å². The van der Waals surface area contributed by atoms with Gasteiger partial charge in [-0.25, -0.2) is 0 Å². The van der Waals surface area contributed by atoms with E-state index >= 15 is 0 Å². The molecule has 24 heavy (non-hydrogen) atoms. The molecule has 5 nitrogen and oxygen atoms in total. The minimum Gasteiger partial charge on any atom is -0.383 e. The van der Waals surface area contributed by atoms with Crippen molar-refractivity contribution in [3.63, 3.8) is 0 Å². The summed E-state index contributed by atoms with van der Waals surface area (Å²) in [6.07, 6.45) is 1.94. The minimum atomic E-state index is 0. The van der Waals surface area contributed by atoms with Crippen LogP contribution in [0.15, 0.2) is 29.3 Å². The first-order chi connectivity index (χ1) is 11.2. The predicted molar refractivity (Wildman–Crippen MR) is 110 cm³/mol. The molecule has 1 saturated heterocycles. The topological polar surface area (TPSA) is 54.9 Å². The maximum Gasteiger partial charge on any atom is 0.191 e. The Morgan fingerprint density at radius 1 is 1.33 bits per heavy atom. The standard InChI is InChI=1S/C17H26ClN3O2.HI/c1-19-16(20-8-11-22-2)21-13-17(6-9-23-10-7-17)14-4-3-5-15(18)12-14;/h3-5,12H,6-11,13H2,1-2H3,(H2,19,20,21);1H. The van der Waals surface area contributed by atoms with Gasteiger partial charge >= 0.3 is 0 Å². The fraction of sp³-hybridized carbons (Fsp3) is 0.588. The third-order valence-corrected chi connectivity index (χ3v) is 4.54. The summed E-state index contributed by atoms with van der Waals surface area (Å²) in [6.45, 7) is 3.70. The highest BCUT2D eigenvalue weighted by atomic mass is 127. The summed E-state index contributed by atoms with van der Waals surface area (Å²) in [5.74, 6) is 0.787. The Hall–Kier alpha value is -0.570. The SMILES string of the molecule is CN=C(NCCOC)NCC1(c2cccc(Cl)c2)CCOCC1.I. The first-order valence-corrected chi connectivity index (χ1v) is 8.35. The number of nitrogens with zero attached hydrogens (tertiary/aromatic N) is 1. The molecule has 1 aromatic carbocycles. The first-order valence-electron chi connectivity index (χ1n) is 7.97. The minimum absolute atomic E-state index is 0. The van der Waals surface area contributed by atoms with Gasteiger partial charge in [-0.05, 0) is 30.5 Å². The summed E-state index contributed by atoms with van der Waals surface area (Å²) in [6, 6.07) is 8.15. The van der Waals surface area contributed by atoms with Crippen molar-refractivity contribution in [1.29, 1.82) is 0 Å². The van der Waals surface area contributed by atoms with Crippen molar-refractivity contribution in [2.24, 2.45) is 4.99 Å². The monoisotopic (exact) mass is 467 g/mol. The second-order valence-electron chi connectivity index (χ2n) is 5.75. The van der Waals surface area contributed by atoms with Crippen LogP contribution < -0.4 is 10.6 Å². The second kappa shape index (κ2) is 11.1. The van der Waals surface area contributed by atoms with Gasteiger partial charge in [-0.15, -0.1) is 24.0 Å². The van der Waals surface area contributed by atoms with Gasteiger partial charge in [0.2, 0.25) is 0 Å². The average molecular weight is 468 g/mol. The van der Waals surface area contributed by atoms with Crippen LogP contribution in [-0.4, -0.2) is 53.0 Å². The number of aliphatic imine (C=N–C) groups is 1. The molecule has 7 heteroatoms. The van der Waals surface area contributed by atoms with E-state index < -0.39 is 0 Å². The number of methoxy groups -OCH3 is 1. The van der Waals surface area contributed by atoms with Crippen molar-refractivity contribution in [3.8, 4) is 0 Å². The molecule has 136 valence electrons. The van der Waals surface area contributed by atoms with Crippen LogP contribution in [0.1, 0.15) is 18.4 Å². The predicted octanol–water partition coefficient (Wildman–Crippen LogP) is 2.82. The lowest BCUT2D eigenvalue weighted by Crippen LogP contribution is -2.48. The molecule has 0 unspecified atom stereocenters. The van der Waals surface area contributed by atoms with E-state index in [0.717, 1.165) is 50.1 Å². The normalized spacial score (nSPS) is 17.0. The number of benzene rings is 1. The van der Waals surface area contributed by atoms with Gasteiger partial charge in [0.1, 0.15) is 0 Å². The maximum absolute atomic E-state index is 6.20. The molecular weight excluding hydrogens is 441 g/mol. The van der Waals surface area contributed by atoms with Crippen LogP contribution in [0.2, 0.25) is 5.02 Å². The van der Waals surface area contributed by atoms with Gasteiger partial charge in [0, 0.05) is 50.9 Å². The van der Waals surface area contributed by atoms with Crippen molar-refractivity contribution in [1.82, 2.24) is 10.6 Å². The third-order valence-electron chi connectivity index (χ3n) is 4.30. The van der Waals surface area contributed by atoms with E-state index in [1.807, 2.05) is 12.1 Å². The number of hydrogen-bond acceptors (Lipinski definition) is 3.